The van der Waals surface area contributed by atoms with E-state index in [1.165, 1.54) is 5.56 Å². The Morgan fingerprint density at radius 2 is 1.97 bits per heavy atom. The number of ether oxygens (including phenoxy) is 2. The molecule has 1 aromatic heterocycles. The molecule has 4 aromatic rings. The molecule has 3 aromatic carbocycles. The van der Waals surface area contributed by atoms with E-state index in [0.717, 1.165) is 50.5 Å². The zero-order valence-corrected chi connectivity index (χ0v) is 20.4. The van der Waals surface area contributed by atoms with E-state index in [0.29, 0.717) is 17.2 Å². The van der Waals surface area contributed by atoms with E-state index < -0.39 is 17.7 Å². The van der Waals surface area contributed by atoms with Gasteiger partial charge >= 0.3 is 5.97 Å². The van der Waals surface area contributed by atoms with Crippen LogP contribution in [0.3, 0.4) is 0 Å². The average molecular weight is 476 g/mol. The Hall–Kier alpha value is -3.15. The van der Waals surface area contributed by atoms with Crippen molar-refractivity contribution < 1.29 is 19.4 Å². The number of fused-ring (bicyclic) bond motifs is 1. The lowest BCUT2D eigenvalue weighted by Crippen LogP contribution is -2.28. The third-order valence-corrected chi connectivity index (χ3v) is 6.38. The van der Waals surface area contributed by atoms with Crippen LogP contribution in [-0.4, -0.2) is 28.3 Å². The Labute approximate surface area is 203 Å². The van der Waals surface area contributed by atoms with Gasteiger partial charge in [-0.1, -0.05) is 23.7 Å². The van der Waals surface area contributed by atoms with Gasteiger partial charge in [-0.15, -0.1) is 0 Å². The smallest absolute Gasteiger partial charge is 0.337 e. The first-order chi connectivity index (χ1) is 16.1. The van der Waals surface area contributed by atoms with Crippen molar-refractivity contribution in [1.82, 2.24) is 4.98 Å². The topological polar surface area (TPSA) is 68.7 Å². The van der Waals surface area contributed by atoms with Gasteiger partial charge in [0.2, 0.25) is 0 Å². The van der Waals surface area contributed by atoms with Gasteiger partial charge in [-0.3, -0.25) is 4.98 Å². The molecule has 34 heavy (non-hydrogen) atoms. The van der Waals surface area contributed by atoms with Crippen LogP contribution in [0.2, 0.25) is 5.02 Å². The Kier molecular flexibility index (Phi) is 5.50. The van der Waals surface area contributed by atoms with Crippen molar-refractivity contribution in [1.29, 1.82) is 0 Å². The summed E-state index contributed by atoms with van der Waals surface area (Å²) in [6.45, 7) is 8.13. The zero-order chi connectivity index (χ0) is 24.2. The third-order valence-electron chi connectivity index (χ3n) is 6.15. The second kappa shape index (κ2) is 8.26. The first-order valence-electron chi connectivity index (χ1n) is 11.3. The van der Waals surface area contributed by atoms with Crippen LogP contribution in [0, 0.1) is 6.92 Å². The Morgan fingerprint density at radius 1 is 1.18 bits per heavy atom. The molecule has 0 saturated carbocycles. The minimum absolute atomic E-state index is 0.575. The number of halogens is 1. The molecule has 174 valence electrons. The van der Waals surface area contributed by atoms with Gasteiger partial charge in [0.25, 0.3) is 0 Å². The standard InChI is InChI=1S/C28H26ClNO4/c1-15-13-17-5-6-18(29)14-20(17)24(22(15)26(27(31)32)34-28(2,3)4)19-7-8-21-23-16(10-12-33-21)9-11-30-25(19)23/h5-9,11,13-14,26H,10,12H2,1-4H3,(H,31,32). The lowest BCUT2D eigenvalue weighted by molar-refractivity contribution is -0.160. The largest absolute Gasteiger partial charge is 0.493 e. The molecule has 0 bridgehead atoms. The highest BCUT2D eigenvalue weighted by Crippen LogP contribution is 2.45. The van der Waals surface area contributed by atoms with E-state index in [1.54, 1.807) is 6.20 Å². The van der Waals surface area contributed by atoms with E-state index in [9.17, 15) is 9.90 Å². The molecule has 0 fully saturated rings. The van der Waals surface area contributed by atoms with Gasteiger partial charge in [0, 0.05) is 34.2 Å². The molecule has 1 unspecified atom stereocenters. The van der Waals surface area contributed by atoms with Crippen molar-refractivity contribution in [2.45, 2.75) is 45.8 Å². The summed E-state index contributed by atoms with van der Waals surface area (Å²) in [6.07, 6.45) is 1.44. The van der Waals surface area contributed by atoms with E-state index in [2.05, 4.69) is 0 Å². The highest BCUT2D eigenvalue weighted by atomic mass is 35.5. The fourth-order valence-electron chi connectivity index (χ4n) is 4.84. The SMILES string of the molecule is Cc1cc2ccc(Cl)cc2c(-c2ccc3c4c(ccnc24)CCO3)c1C(OC(C)(C)C)C(=O)O. The maximum atomic E-state index is 12.6. The molecule has 0 spiro atoms. The maximum absolute atomic E-state index is 12.6. The molecule has 0 amide bonds. The molecule has 0 radical (unpaired) electrons. The van der Waals surface area contributed by atoms with Crippen molar-refractivity contribution in [3.05, 3.63) is 70.4 Å². The van der Waals surface area contributed by atoms with Gasteiger partial charge in [0.05, 0.1) is 17.7 Å². The molecule has 1 N–H and O–H groups in total. The molecule has 2 heterocycles. The van der Waals surface area contributed by atoms with Gasteiger partial charge in [-0.2, -0.15) is 0 Å². The van der Waals surface area contributed by atoms with Crippen molar-refractivity contribution in [3.63, 3.8) is 0 Å². The fraction of sp³-hybridized carbons (Fsp3) is 0.286. The molecular weight excluding hydrogens is 450 g/mol. The number of hydrogen-bond acceptors (Lipinski definition) is 4. The Morgan fingerprint density at radius 3 is 2.71 bits per heavy atom. The van der Waals surface area contributed by atoms with Crippen LogP contribution in [0.15, 0.2) is 48.7 Å². The van der Waals surface area contributed by atoms with Gasteiger partial charge in [-0.05, 0) is 85.5 Å². The van der Waals surface area contributed by atoms with Crippen LogP contribution in [0.4, 0.5) is 0 Å². The van der Waals surface area contributed by atoms with Gasteiger partial charge in [0.1, 0.15) is 5.75 Å². The highest BCUT2D eigenvalue weighted by molar-refractivity contribution is 6.31. The fourth-order valence-corrected chi connectivity index (χ4v) is 5.01. The summed E-state index contributed by atoms with van der Waals surface area (Å²) in [5, 5.41) is 13.6. The molecule has 1 aliphatic heterocycles. The van der Waals surface area contributed by atoms with Crippen LogP contribution < -0.4 is 4.74 Å². The van der Waals surface area contributed by atoms with Crippen molar-refractivity contribution in [2.75, 3.05) is 6.61 Å². The van der Waals surface area contributed by atoms with Crippen molar-refractivity contribution in [2.24, 2.45) is 0 Å². The van der Waals surface area contributed by atoms with Crippen LogP contribution in [0.25, 0.3) is 32.8 Å². The van der Waals surface area contributed by atoms with Gasteiger partial charge in [-0.25, -0.2) is 4.79 Å². The summed E-state index contributed by atoms with van der Waals surface area (Å²) < 4.78 is 12.0. The van der Waals surface area contributed by atoms with E-state index >= 15 is 0 Å². The van der Waals surface area contributed by atoms with Gasteiger partial charge < -0.3 is 14.6 Å². The number of nitrogens with zero attached hydrogens (tertiary/aromatic N) is 1. The molecule has 5 rings (SSSR count). The number of aromatic nitrogens is 1. The second-order valence-electron chi connectivity index (χ2n) is 9.70. The van der Waals surface area contributed by atoms with Crippen LogP contribution >= 0.6 is 11.6 Å². The first-order valence-corrected chi connectivity index (χ1v) is 11.7. The first kappa shape index (κ1) is 22.6. The number of aryl methyl sites for hydroxylation is 1. The number of hydrogen-bond donors (Lipinski definition) is 1. The minimum Gasteiger partial charge on any atom is -0.493 e. The molecule has 0 aliphatic carbocycles. The summed E-state index contributed by atoms with van der Waals surface area (Å²) in [5.74, 6) is -0.245. The molecule has 1 atom stereocenters. The third kappa shape index (κ3) is 3.89. The van der Waals surface area contributed by atoms with E-state index in [1.807, 2.05) is 70.2 Å². The number of aliphatic carboxylic acids is 1. The number of carboxylic acids is 1. The molecule has 6 heteroatoms. The molecular formula is C28H26ClNO4. The predicted octanol–water partition coefficient (Wildman–Crippen LogP) is 6.89. The van der Waals surface area contributed by atoms with Crippen LogP contribution in [0.1, 0.15) is 43.6 Å². The number of carboxylic acid groups (broad SMARTS) is 1. The van der Waals surface area contributed by atoms with Crippen molar-refractivity contribution >= 4 is 39.2 Å². The monoisotopic (exact) mass is 475 g/mol. The summed E-state index contributed by atoms with van der Waals surface area (Å²) in [4.78, 5) is 17.3. The predicted molar refractivity (Wildman–Crippen MR) is 135 cm³/mol. The number of pyridine rings is 1. The number of rotatable bonds is 4. The highest BCUT2D eigenvalue weighted by Gasteiger charge is 2.32. The molecule has 1 aliphatic rings. The summed E-state index contributed by atoms with van der Waals surface area (Å²) in [5.41, 5.74) is 4.33. The second-order valence-corrected chi connectivity index (χ2v) is 10.1. The van der Waals surface area contributed by atoms with Crippen LogP contribution in [-0.2, 0) is 16.0 Å². The lowest BCUT2D eigenvalue weighted by atomic mass is 9.85. The Balaban J connectivity index is 1.92. The lowest BCUT2D eigenvalue weighted by Gasteiger charge is -2.29. The summed E-state index contributed by atoms with van der Waals surface area (Å²) >= 11 is 6.44. The quantitative estimate of drug-likeness (QED) is 0.348. The Bertz CT molecular complexity index is 1440. The van der Waals surface area contributed by atoms with Crippen LogP contribution in [0.5, 0.6) is 5.75 Å². The number of benzene rings is 3. The number of carbonyl (C=O) groups is 1. The van der Waals surface area contributed by atoms with E-state index in [4.69, 9.17) is 26.1 Å². The zero-order valence-electron chi connectivity index (χ0n) is 19.6. The van der Waals surface area contributed by atoms with Gasteiger partial charge in [0.15, 0.2) is 6.10 Å². The molecule has 0 saturated heterocycles. The van der Waals surface area contributed by atoms with E-state index in [-0.39, 0.29) is 0 Å². The average Bonchev–Trinajstić information content (AvgIpc) is 2.77. The van der Waals surface area contributed by atoms with Crippen molar-refractivity contribution in [3.8, 4) is 16.9 Å². The summed E-state index contributed by atoms with van der Waals surface area (Å²) in [7, 11) is 0. The molecule has 5 nitrogen and oxygen atoms in total. The normalized spacial score (nSPS) is 14.3. The summed E-state index contributed by atoms with van der Waals surface area (Å²) in [6, 6.07) is 13.6. The minimum atomic E-state index is -1.17. The maximum Gasteiger partial charge on any atom is 0.337 e.